The molecule has 21 heavy (non-hydrogen) atoms. The van der Waals surface area contributed by atoms with Gasteiger partial charge in [0.05, 0.1) is 12.1 Å². The lowest BCUT2D eigenvalue weighted by Gasteiger charge is -2.17. The van der Waals surface area contributed by atoms with Crippen molar-refractivity contribution in [3.63, 3.8) is 0 Å². The second-order valence-corrected chi connectivity index (χ2v) is 6.97. The quantitative estimate of drug-likeness (QED) is 0.515. The van der Waals surface area contributed by atoms with Crippen molar-refractivity contribution < 1.29 is 23.1 Å². The molecule has 0 fully saturated rings. The van der Waals surface area contributed by atoms with Crippen molar-refractivity contribution in [1.29, 1.82) is 0 Å². The van der Waals surface area contributed by atoms with Gasteiger partial charge in [-0.3, -0.25) is 0 Å². The topological polar surface area (TPSA) is 141 Å². The molecule has 2 amide bonds. The largest absolute Gasteiger partial charge is 0.480 e. The van der Waals surface area contributed by atoms with Crippen LogP contribution in [0.5, 0.6) is 0 Å². The number of H-pyrrole nitrogens is 1. The Bertz CT molecular complexity index is 584. The molecular formula is C11H18N4O5S. The highest BCUT2D eigenvalue weighted by molar-refractivity contribution is 7.90. The predicted molar refractivity (Wildman–Crippen MR) is 74.6 cm³/mol. The van der Waals surface area contributed by atoms with Crippen molar-refractivity contribution in [2.24, 2.45) is 0 Å². The second kappa shape index (κ2) is 7.07. The van der Waals surface area contributed by atoms with E-state index < -0.39 is 33.9 Å². The zero-order chi connectivity index (χ0) is 16.0. The highest BCUT2D eigenvalue weighted by atomic mass is 32.2. The third-order valence-electron chi connectivity index (χ3n) is 2.51. The molecule has 0 aliphatic heterocycles. The SMILES string of the molecule is CC(CS(C)(=O)=O)NC(=O)N[C@@H](Cc1cnc[nH]1)C(=O)O. The van der Waals surface area contributed by atoms with Gasteiger partial charge in [0.25, 0.3) is 0 Å². The fraction of sp³-hybridized carbons (Fsp3) is 0.545. The first-order valence-corrected chi connectivity index (χ1v) is 8.18. The summed E-state index contributed by atoms with van der Waals surface area (Å²) in [7, 11) is -3.23. The van der Waals surface area contributed by atoms with E-state index in [0.717, 1.165) is 6.26 Å². The molecule has 0 aromatic carbocycles. The summed E-state index contributed by atoms with van der Waals surface area (Å²) in [6, 6.07) is -2.50. The molecular weight excluding hydrogens is 300 g/mol. The third-order valence-corrected chi connectivity index (χ3v) is 3.62. The van der Waals surface area contributed by atoms with Crippen LogP contribution in [-0.2, 0) is 21.1 Å². The zero-order valence-corrected chi connectivity index (χ0v) is 12.5. The number of rotatable bonds is 7. The van der Waals surface area contributed by atoms with Crippen molar-refractivity contribution >= 4 is 21.8 Å². The summed E-state index contributed by atoms with van der Waals surface area (Å²) in [5.74, 6) is -1.42. The van der Waals surface area contributed by atoms with Gasteiger partial charge in [0, 0.05) is 30.6 Å². The molecule has 1 aromatic heterocycles. The van der Waals surface area contributed by atoms with E-state index in [0.29, 0.717) is 5.69 Å². The number of nitrogens with zero attached hydrogens (tertiary/aromatic N) is 1. The molecule has 0 radical (unpaired) electrons. The van der Waals surface area contributed by atoms with E-state index in [1.54, 1.807) is 0 Å². The second-order valence-electron chi connectivity index (χ2n) is 4.78. The minimum atomic E-state index is -3.23. The molecule has 0 saturated heterocycles. The van der Waals surface area contributed by atoms with E-state index in [2.05, 4.69) is 20.6 Å². The molecule has 2 atom stereocenters. The Hall–Kier alpha value is -2.10. The Morgan fingerprint density at radius 3 is 2.57 bits per heavy atom. The Morgan fingerprint density at radius 2 is 2.10 bits per heavy atom. The van der Waals surface area contributed by atoms with Gasteiger partial charge in [-0.05, 0) is 6.92 Å². The molecule has 1 unspecified atom stereocenters. The van der Waals surface area contributed by atoms with Crippen molar-refractivity contribution in [3.8, 4) is 0 Å². The van der Waals surface area contributed by atoms with Gasteiger partial charge in [0.15, 0.2) is 0 Å². The Balaban J connectivity index is 2.55. The number of urea groups is 1. The first-order chi connectivity index (χ1) is 9.67. The van der Waals surface area contributed by atoms with Crippen LogP contribution < -0.4 is 10.6 Å². The summed E-state index contributed by atoms with van der Waals surface area (Å²) < 4.78 is 22.2. The number of hydrogen-bond donors (Lipinski definition) is 4. The van der Waals surface area contributed by atoms with Crippen LogP contribution in [0, 0.1) is 0 Å². The number of carbonyl (C=O) groups is 2. The predicted octanol–water partition coefficient (Wildman–Crippen LogP) is -0.862. The summed E-state index contributed by atoms with van der Waals surface area (Å²) in [6.45, 7) is 1.52. The van der Waals surface area contributed by atoms with E-state index in [1.807, 2.05) is 0 Å². The minimum Gasteiger partial charge on any atom is -0.480 e. The molecule has 1 aromatic rings. The number of nitrogens with one attached hydrogen (secondary N) is 3. The molecule has 0 saturated carbocycles. The number of amides is 2. The van der Waals surface area contributed by atoms with Gasteiger partial charge in [-0.15, -0.1) is 0 Å². The standard InChI is InChI=1S/C11H18N4O5S/c1-7(5-21(2,19)20)14-11(18)15-9(10(16)17)3-8-4-12-6-13-8/h4,6-7,9H,3,5H2,1-2H3,(H,12,13)(H,16,17)(H2,14,15,18)/t7?,9-/m0/s1. The lowest BCUT2D eigenvalue weighted by molar-refractivity contribution is -0.139. The lowest BCUT2D eigenvalue weighted by atomic mass is 10.2. The van der Waals surface area contributed by atoms with E-state index in [-0.39, 0.29) is 12.2 Å². The van der Waals surface area contributed by atoms with E-state index in [1.165, 1.54) is 19.4 Å². The summed E-state index contributed by atoms with van der Waals surface area (Å²) in [5, 5.41) is 13.7. The van der Waals surface area contributed by atoms with Crippen LogP contribution in [0.25, 0.3) is 0 Å². The van der Waals surface area contributed by atoms with Crippen LogP contribution >= 0.6 is 0 Å². The number of carbonyl (C=O) groups excluding carboxylic acids is 1. The minimum absolute atomic E-state index is 0.0449. The van der Waals surface area contributed by atoms with Crippen LogP contribution in [0.3, 0.4) is 0 Å². The van der Waals surface area contributed by atoms with Gasteiger partial charge < -0.3 is 20.7 Å². The maximum atomic E-state index is 11.7. The van der Waals surface area contributed by atoms with Crippen molar-refractivity contribution in [3.05, 3.63) is 18.2 Å². The normalized spacial score (nSPS) is 14.2. The fourth-order valence-corrected chi connectivity index (χ4v) is 2.73. The van der Waals surface area contributed by atoms with E-state index >= 15 is 0 Å². The van der Waals surface area contributed by atoms with Crippen molar-refractivity contribution in [2.45, 2.75) is 25.4 Å². The maximum Gasteiger partial charge on any atom is 0.326 e. The average Bonchev–Trinajstić information content (AvgIpc) is 2.77. The summed E-state index contributed by atoms with van der Waals surface area (Å²) in [6.07, 6.45) is 3.97. The Morgan fingerprint density at radius 1 is 1.43 bits per heavy atom. The van der Waals surface area contributed by atoms with E-state index in [4.69, 9.17) is 5.11 Å². The smallest absolute Gasteiger partial charge is 0.326 e. The lowest BCUT2D eigenvalue weighted by Crippen LogP contribution is -2.50. The number of aromatic amines is 1. The van der Waals surface area contributed by atoms with Gasteiger partial charge in [-0.2, -0.15) is 0 Å². The highest BCUT2D eigenvalue weighted by Gasteiger charge is 2.22. The molecule has 118 valence electrons. The number of aliphatic carboxylic acids is 1. The van der Waals surface area contributed by atoms with Crippen LogP contribution in [0.1, 0.15) is 12.6 Å². The average molecular weight is 318 g/mol. The molecule has 4 N–H and O–H groups in total. The molecule has 0 bridgehead atoms. The number of sulfone groups is 1. The molecule has 1 rings (SSSR count). The first kappa shape index (κ1) is 17.0. The van der Waals surface area contributed by atoms with Gasteiger partial charge >= 0.3 is 12.0 Å². The van der Waals surface area contributed by atoms with Gasteiger partial charge in [-0.25, -0.2) is 23.0 Å². The van der Waals surface area contributed by atoms with Gasteiger partial charge in [-0.1, -0.05) is 0 Å². The number of aromatic nitrogens is 2. The van der Waals surface area contributed by atoms with Crippen LogP contribution in [0.2, 0.25) is 0 Å². The van der Waals surface area contributed by atoms with Gasteiger partial charge in [0.2, 0.25) is 0 Å². The molecule has 0 aliphatic carbocycles. The molecule has 0 aliphatic rings. The summed E-state index contributed by atoms with van der Waals surface area (Å²) in [5.41, 5.74) is 0.562. The summed E-state index contributed by atoms with van der Waals surface area (Å²) in [4.78, 5) is 29.3. The molecule has 10 heteroatoms. The van der Waals surface area contributed by atoms with E-state index in [9.17, 15) is 18.0 Å². The van der Waals surface area contributed by atoms with Crippen molar-refractivity contribution in [2.75, 3.05) is 12.0 Å². The Kier molecular flexibility index (Phi) is 5.70. The number of hydrogen-bond acceptors (Lipinski definition) is 5. The number of imidazole rings is 1. The van der Waals surface area contributed by atoms with Crippen molar-refractivity contribution in [1.82, 2.24) is 20.6 Å². The molecule has 9 nitrogen and oxygen atoms in total. The first-order valence-electron chi connectivity index (χ1n) is 6.12. The van der Waals surface area contributed by atoms with Crippen LogP contribution in [0.4, 0.5) is 4.79 Å². The number of carboxylic acids is 1. The maximum absolute atomic E-state index is 11.7. The fourth-order valence-electron chi connectivity index (χ4n) is 1.74. The monoisotopic (exact) mass is 318 g/mol. The van der Waals surface area contributed by atoms with Crippen LogP contribution in [0.15, 0.2) is 12.5 Å². The zero-order valence-electron chi connectivity index (χ0n) is 11.7. The number of carboxylic acid groups (broad SMARTS) is 1. The highest BCUT2D eigenvalue weighted by Crippen LogP contribution is 1.99. The molecule has 0 spiro atoms. The Labute approximate surface area is 122 Å². The molecule has 1 heterocycles. The van der Waals surface area contributed by atoms with Gasteiger partial charge in [0.1, 0.15) is 15.9 Å². The van der Waals surface area contributed by atoms with Crippen LogP contribution in [-0.4, -0.2) is 59.6 Å². The summed E-state index contributed by atoms with van der Waals surface area (Å²) >= 11 is 0. The third kappa shape index (κ3) is 6.75.